The summed E-state index contributed by atoms with van der Waals surface area (Å²) in [6.07, 6.45) is 0.655. The summed E-state index contributed by atoms with van der Waals surface area (Å²) in [5.41, 5.74) is 3.17. The average molecular weight is 501 g/mol. The van der Waals surface area contributed by atoms with Crippen molar-refractivity contribution in [3.8, 4) is 11.5 Å². The van der Waals surface area contributed by atoms with Crippen molar-refractivity contribution in [2.45, 2.75) is 26.0 Å². The second-order valence-electron chi connectivity index (χ2n) is 9.55. The van der Waals surface area contributed by atoms with E-state index in [9.17, 15) is 19.8 Å². The number of nitrogens with zero attached hydrogens (tertiary/aromatic N) is 2. The molecule has 1 fully saturated rings. The number of benzene rings is 3. The Bertz CT molecular complexity index is 1310. The molecule has 0 aromatic heterocycles. The quantitative estimate of drug-likeness (QED) is 0.253. The summed E-state index contributed by atoms with van der Waals surface area (Å²) in [6, 6.07) is 20.5. The summed E-state index contributed by atoms with van der Waals surface area (Å²) < 4.78 is 5.87. The minimum Gasteiger partial charge on any atom is -0.508 e. The lowest BCUT2D eigenvalue weighted by atomic mass is 9.95. The van der Waals surface area contributed by atoms with Gasteiger partial charge in [0.05, 0.1) is 11.6 Å². The van der Waals surface area contributed by atoms with E-state index >= 15 is 0 Å². The number of ketones is 1. The smallest absolute Gasteiger partial charge is 0.295 e. The third kappa shape index (κ3) is 6.01. The molecule has 4 rings (SSSR count). The van der Waals surface area contributed by atoms with E-state index in [0.29, 0.717) is 36.4 Å². The van der Waals surface area contributed by atoms with Gasteiger partial charge < -0.3 is 24.7 Å². The number of Topliss-reactive ketones (excluding diaryl/α,β-unsaturated/α-hetero) is 1. The third-order valence-electron chi connectivity index (χ3n) is 6.35. The number of rotatable bonds is 9. The molecule has 0 spiro atoms. The number of likely N-dealkylation sites (tertiary alicyclic amines) is 1. The van der Waals surface area contributed by atoms with Crippen LogP contribution >= 0.6 is 0 Å². The number of amides is 1. The Balaban J connectivity index is 1.63. The minimum absolute atomic E-state index is 0.00822. The average Bonchev–Trinajstić information content (AvgIpc) is 3.12. The molecule has 0 saturated carbocycles. The molecule has 7 nitrogen and oxygen atoms in total. The van der Waals surface area contributed by atoms with Crippen molar-refractivity contribution in [3.05, 3.63) is 101 Å². The molecule has 0 unspecified atom stereocenters. The summed E-state index contributed by atoms with van der Waals surface area (Å²) in [5, 5.41) is 21.3. The number of carbonyl (C=O) groups excluding carboxylic acids is 2. The lowest BCUT2D eigenvalue weighted by Gasteiger charge is -2.26. The van der Waals surface area contributed by atoms with E-state index in [4.69, 9.17) is 4.74 Å². The largest absolute Gasteiger partial charge is 0.508 e. The number of hydrogen-bond donors (Lipinski definition) is 2. The van der Waals surface area contributed by atoms with Crippen LogP contribution in [-0.4, -0.2) is 58.9 Å². The van der Waals surface area contributed by atoms with E-state index in [1.807, 2.05) is 44.1 Å². The number of phenols is 1. The molecule has 1 saturated heterocycles. The number of carbonyl (C=O) groups is 2. The van der Waals surface area contributed by atoms with Gasteiger partial charge in [0.25, 0.3) is 11.7 Å². The highest BCUT2D eigenvalue weighted by Crippen LogP contribution is 2.40. The first-order valence-electron chi connectivity index (χ1n) is 12.3. The maximum atomic E-state index is 13.1. The second kappa shape index (κ2) is 11.3. The Morgan fingerprint density at radius 2 is 1.73 bits per heavy atom. The van der Waals surface area contributed by atoms with Crippen molar-refractivity contribution < 1.29 is 24.5 Å². The van der Waals surface area contributed by atoms with Crippen LogP contribution < -0.4 is 4.74 Å². The molecule has 3 aromatic rings. The third-order valence-corrected chi connectivity index (χ3v) is 6.35. The van der Waals surface area contributed by atoms with Crippen molar-refractivity contribution in [2.75, 3.05) is 27.2 Å². The van der Waals surface area contributed by atoms with Crippen LogP contribution in [0.5, 0.6) is 11.5 Å². The summed E-state index contributed by atoms with van der Waals surface area (Å²) in [5.74, 6) is -1.02. The van der Waals surface area contributed by atoms with Gasteiger partial charge in [-0.05, 0) is 81.5 Å². The van der Waals surface area contributed by atoms with Crippen LogP contribution in [0.4, 0.5) is 0 Å². The summed E-state index contributed by atoms with van der Waals surface area (Å²) >= 11 is 0. The van der Waals surface area contributed by atoms with Crippen molar-refractivity contribution >= 4 is 17.4 Å². The van der Waals surface area contributed by atoms with Crippen LogP contribution in [0.1, 0.15) is 34.7 Å². The standard InChI is InChI=1S/C30H32N2O5/c1-20-7-4-8-21(17-20)19-37-25-13-11-22(12-14-25)28(34)26-27(23-9-5-10-24(33)18-23)32(30(36)29(26)35)16-6-15-31(2)3/h4-5,7-14,17-18,27,33-34H,6,15-16,19H2,1-3H3/b28-26+/t27-/m1/s1. The lowest BCUT2D eigenvalue weighted by Crippen LogP contribution is -2.32. The first-order chi connectivity index (χ1) is 17.7. The van der Waals surface area contributed by atoms with E-state index in [2.05, 4.69) is 6.07 Å². The van der Waals surface area contributed by atoms with Crippen LogP contribution in [0.15, 0.2) is 78.4 Å². The fourth-order valence-corrected chi connectivity index (χ4v) is 4.54. The topological polar surface area (TPSA) is 90.3 Å². The van der Waals surface area contributed by atoms with Crippen LogP contribution in [0, 0.1) is 6.92 Å². The Morgan fingerprint density at radius 3 is 2.41 bits per heavy atom. The highest BCUT2D eigenvalue weighted by molar-refractivity contribution is 6.46. The number of aliphatic hydroxyl groups excluding tert-OH is 1. The predicted octanol–water partition coefficient (Wildman–Crippen LogP) is 4.65. The van der Waals surface area contributed by atoms with Crippen LogP contribution in [0.25, 0.3) is 5.76 Å². The van der Waals surface area contributed by atoms with Gasteiger partial charge in [0.15, 0.2) is 0 Å². The van der Waals surface area contributed by atoms with Gasteiger partial charge >= 0.3 is 0 Å². The molecule has 1 heterocycles. The fraction of sp³-hybridized carbons (Fsp3) is 0.267. The monoisotopic (exact) mass is 500 g/mol. The summed E-state index contributed by atoms with van der Waals surface area (Å²) in [4.78, 5) is 29.7. The highest BCUT2D eigenvalue weighted by atomic mass is 16.5. The zero-order valence-corrected chi connectivity index (χ0v) is 21.3. The van der Waals surface area contributed by atoms with Gasteiger partial charge in [-0.15, -0.1) is 0 Å². The van der Waals surface area contributed by atoms with E-state index < -0.39 is 17.7 Å². The van der Waals surface area contributed by atoms with Gasteiger partial charge in [0.2, 0.25) is 0 Å². The molecule has 1 amide bonds. The molecule has 37 heavy (non-hydrogen) atoms. The van der Waals surface area contributed by atoms with Crippen LogP contribution in [0.3, 0.4) is 0 Å². The number of aromatic hydroxyl groups is 1. The van der Waals surface area contributed by atoms with Gasteiger partial charge in [0, 0.05) is 12.1 Å². The Labute approximate surface area is 217 Å². The lowest BCUT2D eigenvalue weighted by molar-refractivity contribution is -0.139. The Hall–Kier alpha value is -4.10. The van der Waals surface area contributed by atoms with Crippen molar-refractivity contribution in [1.82, 2.24) is 9.80 Å². The molecule has 3 aromatic carbocycles. The SMILES string of the molecule is Cc1cccc(COc2ccc(/C(O)=C3\C(=O)C(=O)N(CCCN(C)C)[C@@H]3c3cccc(O)c3)cc2)c1. The van der Waals surface area contributed by atoms with Gasteiger partial charge in [0.1, 0.15) is 23.9 Å². The molecule has 1 aliphatic rings. The van der Waals surface area contributed by atoms with Gasteiger partial charge in [-0.2, -0.15) is 0 Å². The Morgan fingerprint density at radius 1 is 1.00 bits per heavy atom. The Kier molecular flexibility index (Phi) is 7.94. The van der Waals surface area contributed by atoms with Crippen molar-refractivity contribution in [3.63, 3.8) is 0 Å². The molecule has 2 N–H and O–H groups in total. The van der Waals surface area contributed by atoms with Gasteiger partial charge in [-0.25, -0.2) is 0 Å². The number of hydrogen-bond acceptors (Lipinski definition) is 6. The highest BCUT2D eigenvalue weighted by Gasteiger charge is 2.45. The normalized spacial score (nSPS) is 17.0. The molecule has 1 atom stereocenters. The molecule has 1 aliphatic heterocycles. The summed E-state index contributed by atoms with van der Waals surface area (Å²) in [6.45, 7) is 3.50. The predicted molar refractivity (Wildman–Crippen MR) is 142 cm³/mol. The minimum atomic E-state index is -0.800. The molecule has 0 radical (unpaired) electrons. The number of phenolic OH excluding ortho intramolecular Hbond substituents is 1. The van der Waals surface area contributed by atoms with Crippen LogP contribution in [0.2, 0.25) is 0 Å². The van der Waals surface area contributed by atoms with Crippen molar-refractivity contribution in [1.29, 1.82) is 0 Å². The number of aryl methyl sites for hydroxylation is 1. The zero-order chi connectivity index (χ0) is 26.5. The van der Waals surface area contributed by atoms with Gasteiger partial charge in [-0.1, -0.05) is 42.0 Å². The van der Waals surface area contributed by atoms with E-state index in [0.717, 1.165) is 17.7 Å². The molecule has 7 heteroatoms. The molecular weight excluding hydrogens is 468 g/mol. The molecular formula is C30H32N2O5. The van der Waals surface area contributed by atoms with E-state index in [1.165, 1.54) is 17.0 Å². The zero-order valence-electron chi connectivity index (χ0n) is 21.3. The number of aliphatic hydroxyl groups is 1. The fourth-order valence-electron chi connectivity index (χ4n) is 4.54. The van der Waals surface area contributed by atoms with Crippen LogP contribution in [-0.2, 0) is 16.2 Å². The summed E-state index contributed by atoms with van der Waals surface area (Å²) in [7, 11) is 3.88. The number of ether oxygens (including phenoxy) is 1. The van der Waals surface area contributed by atoms with Crippen molar-refractivity contribution in [2.24, 2.45) is 0 Å². The molecule has 0 aliphatic carbocycles. The van der Waals surface area contributed by atoms with Gasteiger partial charge in [-0.3, -0.25) is 9.59 Å². The first-order valence-corrected chi connectivity index (χ1v) is 12.3. The maximum Gasteiger partial charge on any atom is 0.295 e. The first kappa shape index (κ1) is 26.0. The van der Waals surface area contributed by atoms with E-state index in [-0.39, 0.29) is 17.1 Å². The van der Waals surface area contributed by atoms with E-state index in [1.54, 1.807) is 36.4 Å². The molecule has 192 valence electrons. The second-order valence-corrected chi connectivity index (χ2v) is 9.55. The maximum absolute atomic E-state index is 13.1. The molecule has 0 bridgehead atoms.